The normalized spacial score (nSPS) is 9.81. The zero-order valence-corrected chi connectivity index (χ0v) is 15.3. The second kappa shape index (κ2) is 8.92. The molecule has 0 bridgehead atoms. The minimum Gasteiger partial charge on any atom is -0.260 e. The number of aryl methyl sites for hydroxylation is 1. The van der Waals surface area contributed by atoms with E-state index in [0.717, 1.165) is 0 Å². The van der Waals surface area contributed by atoms with Crippen molar-refractivity contribution >= 4 is 25.4 Å². The number of nitro benzene ring substituents is 1. The first kappa shape index (κ1) is 19.8. The molecule has 0 saturated heterocycles. The van der Waals surface area contributed by atoms with Crippen molar-refractivity contribution in [3.8, 4) is 0 Å². The summed E-state index contributed by atoms with van der Waals surface area (Å²) in [5.74, 6) is 0. The van der Waals surface area contributed by atoms with Crippen LogP contribution >= 0.6 is 10.7 Å². The summed E-state index contributed by atoms with van der Waals surface area (Å²) in [6, 6.07) is 15.8. The Morgan fingerprint density at radius 2 is 1.67 bits per heavy atom. The molecule has 0 aliphatic rings. The van der Waals surface area contributed by atoms with E-state index in [-0.39, 0.29) is 31.6 Å². The van der Waals surface area contributed by atoms with Gasteiger partial charge in [0.15, 0.2) is 5.69 Å². The van der Waals surface area contributed by atoms with Crippen LogP contribution in [0.4, 0.5) is 5.69 Å². The number of hydrogen-bond donors (Lipinski definition) is 0. The Morgan fingerprint density at radius 1 is 1.14 bits per heavy atom. The molecule has 0 atom stereocenters. The summed E-state index contributed by atoms with van der Waals surface area (Å²) in [5.41, 5.74) is 0.743. The first-order chi connectivity index (χ1) is 9.32. The van der Waals surface area contributed by atoms with Crippen LogP contribution in [0, 0.1) is 29.2 Å². The predicted molar refractivity (Wildman–Crippen MR) is 75.0 cm³/mol. The monoisotopic (exact) mass is 495 g/mol. The Morgan fingerprint density at radius 3 is 2.00 bits per heavy atom. The van der Waals surface area contributed by atoms with Gasteiger partial charge in [0.2, 0.25) is 9.05 Å². The summed E-state index contributed by atoms with van der Waals surface area (Å²) >= 11 is 0. The Labute approximate surface area is 141 Å². The van der Waals surface area contributed by atoms with Crippen LogP contribution in [0.2, 0.25) is 0 Å². The van der Waals surface area contributed by atoms with Gasteiger partial charge in [-0.2, -0.15) is 42.5 Å². The molecule has 2 aromatic carbocycles. The summed E-state index contributed by atoms with van der Waals surface area (Å²) in [6.07, 6.45) is 0. The molecule has 0 aromatic heterocycles. The van der Waals surface area contributed by atoms with E-state index in [0.29, 0.717) is 5.56 Å². The molecule has 21 heavy (non-hydrogen) atoms. The molecule has 0 radical (unpaired) electrons. The molecule has 0 saturated carbocycles. The van der Waals surface area contributed by atoms with Gasteiger partial charge >= 0.3 is 21.1 Å². The van der Waals surface area contributed by atoms with Crippen LogP contribution in [0.5, 0.6) is 0 Å². The van der Waals surface area contributed by atoms with Crippen LogP contribution in [0.15, 0.2) is 47.4 Å². The van der Waals surface area contributed by atoms with Gasteiger partial charge in [0.1, 0.15) is 0 Å². The van der Waals surface area contributed by atoms with Gasteiger partial charge in [0, 0.05) is 15.6 Å². The number of nitro groups is 1. The fraction of sp³-hybridized carbons (Fsp3) is 0.0769. The second-order valence-electron chi connectivity index (χ2n) is 3.64. The van der Waals surface area contributed by atoms with Crippen molar-refractivity contribution in [1.82, 2.24) is 0 Å². The van der Waals surface area contributed by atoms with Crippen molar-refractivity contribution in [2.45, 2.75) is 11.8 Å². The average molecular weight is 496 g/mol. The van der Waals surface area contributed by atoms with E-state index in [4.69, 9.17) is 10.7 Å². The summed E-state index contributed by atoms with van der Waals surface area (Å²) in [4.78, 5) is 9.68. The quantitative estimate of drug-likeness (QED) is 0.278. The van der Waals surface area contributed by atoms with Crippen LogP contribution in [0.3, 0.4) is 0 Å². The zero-order valence-electron chi connectivity index (χ0n) is 10.8. The number of hydrogen-bond acceptors (Lipinski definition) is 4. The molecule has 0 aliphatic carbocycles. The van der Waals surface area contributed by atoms with Crippen molar-refractivity contribution in [2.24, 2.45) is 0 Å². The number of nitrogens with zero attached hydrogens (tertiary/aromatic N) is 1. The largest absolute Gasteiger partial charge is 2.00 e. The summed E-state index contributed by atoms with van der Waals surface area (Å²) in [6.45, 7) is 1.68. The van der Waals surface area contributed by atoms with Crippen LogP contribution in [-0.4, -0.2) is 13.3 Å². The van der Waals surface area contributed by atoms with Gasteiger partial charge in [0.05, 0.1) is 0 Å². The Bertz CT molecular complexity index is 692. The number of benzene rings is 2. The Hall–Kier alpha value is -1.23. The summed E-state index contributed by atoms with van der Waals surface area (Å²) < 4.78 is 21.6. The third-order valence-electron chi connectivity index (χ3n) is 2.21. The molecule has 5 nitrogen and oxygen atoms in total. The second-order valence-corrected chi connectivity index (χ2v) is 6.18. The number of rotatable bonds is 2. The maximum Gasteiger partial charge on any atom is 2.00 e. The van der Waals surface area contributed by atoms with Crippen molar-refractivity contribution in [2.75, 3.05) is 0 Å². The number of non-ortho nitro benzene ring substituents is 1. The van der Waals surface area contributed by atoms with Gasteiger partial charge in [-0.05, 0) is 4.90 Å². The van der Waals surface area contributed by atoms with Gasteiger partial charge in [-0.25, -0.2) is 8.42 Å². The molecule has 0 unspecified atom stereocenters. The fourth-order valence-corrected chi connectivity index (χ4v) is 2.42. The molecule has 0 aliphatic heterocycles. The van der Waals surface area contributed by atoms with Crippen molar-refractivity contribution < 1.29 is 34.4 Å². The molecule has 110 valence electrons. The molecule has 0 heterocycles. The van der Waals surface area contributed by atoms with Crippen molar-refractivity contribution in [3.05, 3.63) is 70.3 Å². The van der Waals surface area contributed by atoms with Crippen molar-refractivity contribution in [3.63, 3.8) is 0 Å². The van der Waals surface area contributed by atoms with E-state index in [1.807, 2.05) is 0 Å². The van der Waals surface area contributed by atoms with Crippen molar-refractivity contribution in [1.29, 1.82) is 0 Å². The first-order valence-corrected chi connectivity index (χ1v) is 7.65. The van der Waals surface area contributed by atoms with Crippen LogP contribution in [-0.2, 0) is 30.1 Å². The molecular weight excluding hydrogens is 486 g/mol. The standard InChI is InChI=1S/C7H6ClO2S.C6H4NO2.W/c1-6-4-2-3-5-7(6)11(8,9)10;8-7(9)6-4-2-1-3-5-6;/h2,4-5H,1H3;2-5H;/q2*-1;+2. The first-order valence-electron chi connectivity index (χ1n) is 5.34. The Kier molecular flexibility index (Phi) is 8.40. The zero-order chi connectivity index (χ0) is 15.2. The van der Waals surface area contributed by atoms with Gasteiger partial charge < -0.3 is 0 Å². The fourth-order valence-electron chi connectivity index (χ4n) is 1.26. The minimum absolute atomic E-state index is 0. The molecule has 2 aromatic rings. The molecule has 0 fully saturated rings. The van der Waals surface area contributed by atoms with E-state index in [9.17, 15) is 18.5 Å². The third-order valence-corrected chi connectivity index (χ3v) is 3.67. The molecule has 8 heteroatoms. The molecule has 0 spiro atoms. The average Bonchev–Trinajstić information content (AvgIpc) is 2.39. The maximum absolute atomic E-state index is 10.8. The summed E-state index contributed by atoms with van der Waals surface area (Å²) in [5, 5.41) is 9.99. The van der Waals surface area contributed by atoms with Crippen LogP contribution in [0.25, 0.3) is 0 Å². The SMILES string of the molecule is Cc1cc[c-]cc1S(=O)(=O)Cl.O=[N+]([O-])c1cc[c-]cc1.[W+2]. The van der Waals surface area contributed by atoms with E-state index >= 15 is 0 Å². The minimum atomic E-state index is -3.59. The number of halogens is 1. The van der Waals surface area contributed by atoms with Crippen LogP contribution < -0.4 is 0 Å². The van der Waals surface area contributed by atoms with Gasteiger partial charge in [-0.15, -0.1) is 5.56 Å². The van der Waals surface area contributed by atoms with Gasteiger partial charge in [-0.3, -0.25) is 10.1 Å². The molecule has 2 rings (SSSR count). The molecule has 0 amide bonds. The molecular formula is C13H10ClNO4SW. The van der Waals surface area contributed by atoms with Gasteiger partial charge in [0.25, 0.3) is 0 Å². The maximum atomic E-state index is 10.8. The smallest absolute Gasteiger partial charge is 0.260 e. The van der Waals surface area contributed by atoms with E-state index in [1.54, 1.807) is 19.1 Å². The van der Waals surface area contributed by atoms with E-state index in [2.05, 4.69) is 12.1 Å². The summed E-state index contributed by atoms with van der Waals surface area (Å²) in [7, 11) is 1.52. The van der Waals surface area contributed by atoms with Crippen LogP contribution in [0.1, 0.15) is 5.56 Å². The third kappa shape index (κ3) is 6.84. The van der Waals surface area contributed by atoms with E-state index < -0.39 is 14.0 Å². The predicted octanol–water partition coefficient (Wildman–Crippen LogP) is 3.12. The van der Waals surface area contributed by atoms with E-state index in [1.165, 1.54) is 30.3 Å². The Balaban J connectivity index is 0.000000370. The molecule has 0 N–H and O–H groups in total. The van der Waals surface area contributed by atoms with Gasteiger partial charge in [-0.1, -0.05) is 19.1 Å². The topological polar surface area (TPSA) is 77.3 Å².